The number of aromatic nitrogens is 1. The van der Waals surface area contributed by atoms with Crippen molar-refractivity contribution >= 4 is 10.4 Å². The Kier molecular flexibility index (Phi) is 4.98. The largest absolute Gasteiger partial charge is 0.446 e. The van der Waals surface area contributed by atoms with E-state index in [1.807, 2.05) is 0 Å². The lowest BCUT2D eigenvalue weighted by molar-refractivity contribution is -0.742. The highest BCUT2D eigenvalue weighted by molar-refractivity contribution is 7.81. The first-order valence-corrected chi connectivity index (χ1v) is 4.58. The lowest BCUT2D eigenvalue weighted by Gasteiger charge is -1.97. The molecule has 1 heterocycles. The molecular formula is C5H6N2O7S. The van der Waals surface area contributed by atoms with E-state index in [9.17, 15) is 8.42 Å². The highest BCUT2D eigenvalue weighted by Gasteiger charge is 2.04. The Balaban J connectivity index is 0.000000423. The zero-order valence-corrected chi connectivity index (χ0v) is 7.86. The van der Waals surface area contributed by atoms with E-state index < -0.39 is 15.5 Å². The van der Waals surface area contributed by atoms with Crippen LogP contribution in [0.3, 0.4) is 0 Å². The molecule has 0 radical (unpaired) electrons. The van der Waals surface area contributed by atoms with Gasteiger partial charge >= 0.3 is 10.4 Å². The quantitative estimate of drug-likeness (QED) is 0.414. The molecule has 0 saturated heterocycles. The van der Waals surface area contributed by atoms with Crippen LogP contribution in [0.2, 0.25) is 0 Å². The van der Waals surface area contributed by atoms with Crippen molar-refractivity contribution in [2.24, 2.45) is 0 Å². The third kappa shape index (κ3) is 9.98. The molecule has 0 fully saturated rings. The van der Waals surface area contributed by atoms with Crippen LogP contribution in [0.15, 0.2) is 24.5 Å². The molecule has 15 heavy (non-hydrogen) atoms. The molecule has 10 heteroatoms. The Morgan fingerprint density at radius 3 is 2.40 bits per heavy atom. The minimum absolute atomic E-state index is 0.0185. The van der Waals surface area contributed by atoms with E-state index in [1.54, 1.807) is 0 Å². The maximum absolute atomic E-state index is 10.1. The van der Waals surface area contributed by atoms with Gasteiger partial charge in [-0.05, 0) is 12.1 Å². The third-order valence-corrected chi connectivity index (χ3v) is 1.24. The topological polar surface area (TPSA) is 140 Å². The summed E-state index contributed by atoms with van der Waals surface area (Å²) in [5.41, 5.74) is 0. The number of hydrogen-bond acceptors (Lipinski definition) is 6. The zero-order valence-electron chi connectivity index (χ0n) is 7.05. The Labute approximate surface area is 84.0 Å². The molecule has 0 aliphatic rings. The van der Waals surface area contributed by atoms with Crippen LogP contribution in [-0.4, -0.2) is 28.2 Å². The zero-order chi connectivity index (χ0) is 11.9. The fourth-order valence-corrected chi connectivity index (χ4v) is 0.860. The summed E-state index contributed by atoms with van der Waals surface area (Å²) in [5.74, 6) is -0.0185. The van der Waals surface area contributed by atoms with Gasteiger partial charge in [-0.3, -0.25) is 9.54 Å². The summed E-state index contributed by atoms with van der Waals surface area (Å²) >= 11 is 0. The summed E-state index contributed by atoms with van der Waals surface area (Å²) in [6.07, 6.45) is 2.63. The molecule has 1 aromatic heterocycles. The molecular weight excluding hydrogens is 232 g/mol. The van der Waals surface area contributed by atoms with Crippen molar-refractivity contribution in [2.75, 3.05) is 0 Å². The molecule has 84 valence electrons. The first-order chi connectivity index (χ1) is 6.81. The van der Waals surface area contributed by atoms with Crippen molar-refractivity contribution in [1.82, 2.24) is 4.98 Å². The summed E-state index contributed by atoms with van der Waals surface area (Å²) in [5, 5.41) is 13.6. The normalized spacial score (nSPS) is 9.67. The van der Waals surface area contributed by atoms with Crippen molar-refractivity contribution in [1.29, 1.82) is 0 Å². The Bertz CT molecular complexity index is 399. The number of rotatable bonds is 2. The average Bonchev–Trinajstić information content (AvgIpc) is 2.01. The summed E-state index contributed by atoms with van der Waals surface area (Å²) in [4.78, 5) is 11.9. The molecule has 0 bridgehead atoms. The van der Waals surface area contributed by atoms with Crippen LogP contribution < -0.4 is 4.18 Å². The lowest BCUT2D eigenvalue weighted by Crippen LogP contribution is -2.06. The van der Waals surface area contributed by atoms with Crippen LogP contribution in [0, 0.1) is 10.1 Å². The number of nitrogens with zero attached hydrogens (tertiary/aromatic N) is 2. The van der Waals surface area contributed by atoms with Gasteiger partial charge in [0.15, 0.2) is 5.75 Å². The molecule has 0 aliphatic carbocycles. The molecule has 0 unspecified atom stereocenters. The third-order valence-electron chi connectivity index (χ3n) is 0.836. The molecule has 0 aliphatic heterocycles. The van der Waals surface area contributed by atoms with Crippen LogP contribution >= 0.6 is 0 Å². The van der Waals surface area contributed by atoms with Crippen molar-refractivity contribution in [3.63, 3.8) is 0 Å². The monoisotopic (exact) mass is 238 g/mol. The van der Waals surface area contributed by atoms with Gasteiger partial charge in [-0.1, -0.05) is 0 Å². The minimum Gasteiger partial charge on any atom is -0.360 e. The standard InChI is InChI=1S/C5H5NO4S.HNO3/c7-11(8,9)10-5-2-1-3-6-4-5;2-1(3)4/h1-4H,(H,7,8,9);(H,2,3,4). The Morgan fingerprint density at radius 1 is 1.53 bits per heavy atom. The first-order valence-electron chi connectivity index (χ1n) is 3.21. The summed E-state index contributed by atoms with van der Waals surface area (Å²) in [6.45, 7) is 0. The second-order valence-electron chi connectivity index (χ2n) is 1.94. The van der Waals surface area contributed by atoms with Gasteiger partial charge in [0.1, 0.15) is 0 Å². The fourth-order valence-electron chi connectivity index (χ4n) is 0.518. The second kappa shape index (κ2) is 5.72. The smallest absolute Gasteiger partial charge is 0.360 e. The maximum Gasteiger partial charge on any atom is 0.446 e. The van der Waals surface area contributed by atoms with Gasteiger partial charge in [0, 0.05) is 6.20 Å². The van der Waals surface area contributed by atoms with E-state index in [1.165, 1.54) is 24.5 Å². The van der Waals surface area contributed by atoms with Gasteiger partial charge in [-0.2, -0.15) is 8.42 Å². The summed E-state index contributed by atoms with van der Waals surface area (Å²) in [7, 11) is -4.42. The average molecular weight is 238 g/mol. The lowest BCUT2D eigenvalue weighted by atomic mass is 10.5. The Morgan fingerprint density at radius 2 is 2.07 bits per heavy atom. The predicted octanol–water partition coefficient (Wildman–Crippen LogP) is -0.0845. The van der Waals surface area contributed by atoms with Gasteiger partial charge in [0.2, 0.25) is 0 Å². The predicted molar refractivity (Wildman–Crippen MR) is 45.2 cm³/mol. The molecule has 0 atom stereocenters. The van der Waals surface area contributed by atoms with Gasteiger partial charge in [-0.15, -0.1) is 10.1 Å². The van der Waals surface area contributed by atoms with Crippen molar-refractivity contribution in [3.05, 3.63) is 34.6 Å². The van der Waals surface area contributed by atoms with E-state index in [4.69, 9.17) is 19.9 Å². The van der Waals surface area contributed by atoms with Crippen molar-refractivity contribution in [2.45, 2.75) is 0 Å². The van der Waals surface area contributed by atoms with Crippen LogP contribution in [-0.2, 0) is 10.4 Å². The van der Waals surface area contributed by atoms with Crippen LogP contribution in [0.1, 0.15) is 0 Å². The van der Waals surface area contributed by atoms with Crippen molar-refractivity contribution < 1.29 is 27.4 Å². The van der Waals surface area contributed by atoms with Gasteiger partial charge in [0.25, 0.3) is 5.09 Å². The first kappa shape index (κ1) is 13.1. The maximum atomic E-state index is 10.1. The summed E-state index contributed by atoms with van der Waals surface area (Å²) < 4.78 is 32.5. The molecule has 9 nitrogen and oxygen atoms in total. The van der Waals surface area contributed by atoms with E-state index in [2.05, 4.69) is 9.17 Å². The SMILES string of the molecule is O=S(=O)(O)Oc1cccnc1.O=[N+]([O-])O. The molecule has 1 aromatic rings. The van der Waals surface area contributed by atoms with Crippen LogP contribution in [0.25, 0.3) is 0 Å². The highest BCUT2D eigenvalue weighted by Crippen LogP contribution is 2.07. The molecule has 0 amide bonds. The minimum atomic E-state index is -4.42. The number of hydrogen-bond donors (Lipinski definition) is 2. The molecule has 2 N–H and O–H groups in total. The number of pyridine rings is 1. The fraction of sp³-hybridized carbons (Fsp3) is 0. The second-order valence-corrected chi connectivity index (χ2v) is 2.96. The van der Waals surface area contributed by atoms with Crippen LogP contribution in [0.4, 0.5) is 0 Å². The Hall–Kier alpha value is -1.94. The molecule has 0 spiro atoms. The van der Waals surface area contributed by atoms with E-state index in [0.29, 0.717) is 0 Å². The molecule has 0 saturated carbocycles. The van der Waals surface area contributed by atoms with Crippen molar-refractivity contribution in [3.8, 4) is 5.75 Å². The van der Waals surface area contributed by atoms with E-state index >= 15 is 0 Å². The van der Waals surface area contributed by atoms with Crippen LogP contribution in [0.5, 0.6) is 5.75 Å². The molecule has 0 aromatic carbocycles. The van der Waals surface area contributed by atoms with Gasteiger partial charge in [-0.25, -0.2) is 0 Å². The molecule has 1 rings (SSSR count). The highest BCUT2D eigenvalue weighted by atomic mass is 32.3. The van der Waals surface area contributed by atoms with Gasteiger partial charge in [0.05, 0.1) is 6.20 Å². The summed E-state index contributed by atoms with van der Waals surface area (Å²) in [6, 6.07) is 2.85. The van der Waals surface area contributed by atoms with Gasteiger partial charge < -0.3 is 9.39 Å². The van der Waals surface area contributed by atoms with E-state index in [0.717, 1.165) is 0 Å². The van der Waals surface area contributed by atoms with E-state index in [-0.39, 0.29) is 5.75 Å².